The highest BCUT2D eigenvalue weighted by Crippen LogP contribution is 2.17. The van der Waals surface area contributed by atoms with Gasteiger partial charge in [-0.15, -0.1) is 0 Å². The smallest absolute Gasteiger partial charge is 0.191 e. The van der Waals surface area contributed by atoms with Crippen LogP contribution in [-0.2, 0) is 11.3 Å². The van der Waals surface area contributed by atoms with Crippen molar-refractivity contribution in [3.05, 3.63) is 34.9 Å². The lowest BCUT2D eigenvalue weighted by molar-refractivity contribution is 0.141. The molecule has 1 aromatic rings. The van der Waals surface area contributed by atoms with Crippen molar-refractivity contribution in [1.29, 1.82) is 0 Å². The summed E-state index contributed by atoms with van der Waals surface area (Å²) in [6, 6.07) is 8.39. The van der Waals surface area contributed by atoms with Crippen molar-refractivity contribution in [1.82, 2.24) is 15.5 Å². The molecule has 1 atom stereocenters. The summed E-state index contributed by atoms with van der Waals surface area (Å²) in [7, 11) is 1.76. The molecule has 1 aliphatic rings. The van der Waals surface area contributed by atoms with Gasteiger partial charge in [-0.2, -0.15) is 0 Å². The number of benzene rings is 1. The van der Waals surface area contributed by atoms with Crippen molar-refractivity contribution in [3.63, 3.8) is 0 Å². The predicted octanol–water partition coefficient (Wildman–Crippen LogP) is 2.51. The van der Waals surface area contributed by atoms with Crippen LogP contribution in [0.3, 0.4) is 0 Å². The summed E-state index contributed by atoms with van der Waals surface area (Å²) in [6.45, 7) is 7.33. The molecule has 1 aromatic carbocycles. The van der Waals surface area contributed by atoms with Crippen molar-refractivity contribution in [2.75, 3.05) is 39.9 Å². The zero-order valence-electron chi connectivity index (χ0n) is 14.7. The Morgan fingerprint density at radius 2 is 2.21 bits per heavy atom. The van der Waals surface area contributed by atoms with E-state index in [1.54, 1.807) is 7.11 Å². The molecule has 2 N–H and O–H groups in total. The summed E-state index contributed by atoms with van der Waals surface area (Å²) in [5, 5.41) is 7.54. The molecule has 0 aliphatic carbocycles. The molecule has 1 saturated heterocycles. The third kappa shape index (κ3) is 5.96. The van der Waals surface area contributed by atoms with Crippen molar-refractivity contribution in [2.24, 2.45) is 4.99 Å². The molecule has 0 amide bonds. The van der Waals surface area contributed by atoms with Crippen LogP contribution >= 0.6 is 11.6 Å². The van der Waals surface area contributed by atoms with Gasteiger partial charge in [-0.1, -0.05) is 29.8 Å². The molecule has 134 valence electrons. The number of methoxy groups -OCH3 is 1. The molecule has 0 spiro atoms. The number of rotatable bonds is 8. The molecule has 1 fully saturated rings. The van der Waals surface area contributed by atoms with E-state index in [9.17, 15) is 0 Å². The largest absolute Gasteiger partial charge is 0.383 e. The van der Waals surface area contributed by atoms with Gasteiger partial charge in [0.15, 0.2) is 5.96 Å². The van der Waals surface area contributed by atoms with Gasteiger partial charge in [0.25, 0.3) is 0 Å². The van der Waals surface area contributed by atoms with Crippen molar-refractivity contribution in [2.45, 2.75) is 32.4 Å². The standard InChI is InChI=1S/C18H29ClN4O/c1-3-20-18(21-13-15-7-4-5-9-17(15)19)22-14-16-8-6-10-23(16)11-12-24-2/h4-5,7,9,16H,3,6,8,10-14H2,1-2H3,(H2,20,21,22). The van der Waals surface area contributed by atoms with Crippen LogP contribution < -0.4 is 10.6 Å². The van der Waals surface area contributed by atoms with E-state index in [-0.39, 0.29) is 0 Å². The van der Waals surface area contributed by atoms with Gasteiger partial charge in [0.2, 0.25) is 0 Å². The molecule has 0 radical (unpaired) electrons. The molecule has 2 rings (SSSR count). The van der Waals surface area contributed by atoms with Crippen LogP contribution in [0.5, 0.6) is 0 Å². The van der Waals surface area contributed by atoms with Gasteiger partial charge in [-0.3, -0.25) is 4.90 Å². The lowest BCUT2D eigenvalue weighted by Crippen LogP contribution is -2.45. The molecule has 0 aromatic heterocycles. The fourth-order valence-corrected chi connectivity index (χ4v) is 3.17. The second-order valence-electron chi connectivity index (χ2n) is 5.99. The van der Waals surface area contributed by atoms with Crippen molar-refractivity contribution in [3.8, 4) is 0 Å². The van der Waals surface area contributed by atoms with Gasteiger partial charge in [0, 0.05) is 37.8 Å². The molecular weight excluding hydrogens is 324 g/mol. The number of likely N-dealkylation sites (tertiary alicyclic amines) is 1. The number of hydrogen-bond donors (Lipinski definition) is 2. The summed E-state index contributed by atoms with van der Waals surface area (Å²) < 4.78 is 5.20. The quantitative estimate of drug-likeness (QED) is 0.557. The summed E-state index contributed by atoms with van der Waals surface area (Å²) in [4.78, 5) is 7.15. The number of halogens is 1. The Labute approximate surface area is 150 Å². The second-order valence-corrected chi connectivity index (χ2v) is 6.40. The monoisotopic (exact) mass is 352 g/mol. The minimum Gasteiger partial charge on any atom is -0.383 e. The minimum atomic E-state index is 0.546. The van der Waals surface area contributed by atoms with Crippen LogP contribution in [0.2, 0.25) is 5.02 Å². The number of hydrogen-bond acceptors (Lipinski definition) is 3. The number of nitrogens with zero attached hydrogens (tertiary/aromatic N) is 2. The fourth-order valence-electron chi connectivity index (χ4n) is 2.98. The van der Waals surface area contributed by atoms with E-state index >= 15 is 0 Å². The molecule has 6 heteroatoms. The van der Waals surface area contributed by atoms with Gasteiger partial charge in [-0.25, -0.2) is 4.99 Å². The minimum absolute atomic E-state index is 0.546. The van der Waals surface area contributed by atoms with Gasteiger partial charge in [-0.05, 0) is 37.9 Å². The summed E-state index contributed by atoms with van der Waals surface area (Å²) in [5.74, 6) is 0.844. The molecule has 0 bridgehead atoms. The normalized spacial score (nSPS) is 18.8. The Bertz CT molecular complexity index is 523. The first-order valence-electron chi connectivity index (χ1n) is 8.73. The van der Waals surface area contributed by atoms with E-state index in [2.05, 4.69) is 27.4 Å². The van der Waals surface area contributed by atoms with Gasteiger partial charge >= 0.3 is 0 Å². The average Bonchev–Trinajstić information content (AvgIpc) is 3.04. The maximum Gasteiger partial charge on any atom is 0.191 e. The zero-order valence-corrected chi connectivity index (χ0v) is 15.5. The first kappa shape index (κ1) is 19.0. The van der Waals surface area contributed by atoms with E-state index < -0.39 is 0 Å². The molecule has 24 heavy (non-hydrogen) atoms. The Kier molecular flexibility index (Phi) is 8.36. The lowest BCUT2D eigenvalue weighted by Gasteiger charge is -2.25. The highest BCUT2D eigenvalue weighted by Gasteiger charge is 2.23. The number of aliphatic imine (C=N–C) groups is 1. The maximum absolute atomic E-state index is 6.20. The molecule has 1 unspecified atom stereocenters. The fraction of sp³-hybridized carbons (Fsp3) is 0.611. The lowest BCUT2D eigenvalue weighted by atomic mass is 10.2. The summed E-state index contributed by atoms with van der Waals surface area (Å²) in [5.41, 5.74) is 1.04. The Morgan fingerprint density at radius 1 is 1.38 bits per heavy atom. The molecular formula is C18H29ClN4O. The van der Waals surface area contributed by atoms with E-state index in [0.29, 0.717) is 12.6 Å². The number of ether oxygens (including phenoxy) is 1. The summed E-state index contributed by atoms with van der Waals surface area (Å²) >= 11 is 6.20. The van der Waals surface area contributed by atoms with E-state index in [0.717, 1.165) is 49.3 Å². The van der Waals surface area contributed by atoms with Crippen LogP contribution in [-0.4, -0.2) is 56.8 Å². The average molecular weight is 353 g/mol. The molecule has 5 nitrogen and oxygen atoms in total. The topological polar surface area (TPSA) is 48.9 Å². The highest BCUT2D eigenvalue weighted by molar-refractivity contribution is 6.31. The van der Waals surface area contributed by atoms with Gasteiger partial charge in [0.1, 0.15) is 0 Å². The third-order valence-electron chi connectivity index (χ3n) is 4.30. The van der Waals surface area contributed by atoms with Crippen molar-refractivity contribution < 1.29 is 4.74 Å². The summed E-state index contributed by atoms with van der Waals surface area (Å²) in [6.07, 6.45) is 2.48. The molecule has 1 aliphatic heterocycles. The van der Waals surface area contributed by atoms with Gasteiger partial charge in [0.05, 0.1) is 13.2 Å². The Morgan fingerprint density at radius 3 is 2.96 bits per heavy atom. The molecule has 1 heterocycles. The number of guanidine groups is 1. The number of nitrogens with one attached hydrogen (secondary N) is 2. The highest BCUT2D eigenvalue weighted by atomic mass is 35.5. The SMILES string of the molecule is CCNC(=NCc1ccccc1Cl)NCC1CCCN1CCOC. The third-order valence-corrected chi connectivity index (χ3v) is 4.67. The Hall–Kier alpha value is -1.30. The second kappa shape index (κ2) is 10.5. The van der Waals surface area contributed by atoms with Crippen LogP contribution in [0.4, 0.5) is 0 Å². The Balaban J connectivity index is 1.88. The van der Waals surface area contributed by atoms with Gasteiger partial charge < -0.3 is 15.4 Å². The molecule has 0 saturated carbocycles. The van der Waals surface area contributed by atoms with Crippen LogP contribution in [0.25, 0.3) is 0 Å². The van der Waals surface area contributed by atoms with Crippen LogP contribution in [0.1, 0.15) is 25.3 Å². The van der Waals surface area contributed by atoms with E-state index in [1.165, 1.54) is 12.8 Å². The van der Waals surface area contributed by atoms with E-state index in [1.807, 2.05) is 24.3 Å². The van der Waals surface area contributed by atoms with Crippen LogP contribution in [0, 0.1) is 0 Å². The first-order valence-corrected chi connectivity index (χ1v) is 9.11. The van der Waals surface area contributed by atoms with Crippen molar-refractivity contribution >= 4 is 17.6 Å². The zero-order chi connectivity index (χ0) is 17.2. The first-order chi connectivity index (χ1) is 11.7. The maximum atomic E-state index is 6.20. The predicted molar refractivity (Wildman–Crippen MR) is 101 cm³/mol. The van der Waals surface area contributed by atoms with E-state index in [4.69, 9.17) is 16.3 Å². The van der Waals surface area contributed by atoms with Crippen LogP contribution in [0.15, 0.2) is 29.3 Å².